The average molecular weight is 534 g/mol. The van der Waals surface area contributed by atoms with E-state index >= 15 is 0 Å². The van der Waals surface area contributed by atoms with Gasteiger partial charge in [-0.2, -0.15) is 4.31 Å². The minimum Gasteiger partial charge on any atom is -0.378 e. The minimum atomic E-state index is -3.19. The van der Waals surface area contributed by atoms with Gasteiger partial charge in [0.05, 0.1) is 25.2 Å². The maximum atomic E-state index is 11.8. The van der Waals surface area contributed by atoms with E-state index in [0.29, 0.717) is 86.9 Å². The fraction of sp³-hybridized carbons (Fsp3) is 0.435. The Hall–Kier alpha value is -2.77. The third-order valence-electron chi connectivity index (χ3n) is 6.52. The number of amides is 1. The van der Waals surface area contributed by atoms with Crippen molar-refractivity contribution in [1.82, 2.24) is 23.6 Å². The summed E-state index contributed by atoms with van der Waals surface area (Å²) in [4.78, 5) is 25.6. The number of rotatable bonds is 6. The van der Waals surface area contributed by atoms with Gasteiger partial charge in [0.15, 0.2) is 11.5 Å². The van der Waals surface area contributed by atoms with Crippen LogP contribution in [0.5, 0.6) is 0 Å². The lowest BCUT2D eigenvalue weighted by Gasteiger charge is -2.32. The lowest BCUT2D eigenvalue weighted by Crippen LogP contribution is -2.47. The van der Waals surface area contributed by atoms with Gasteiger partial charge in [-0.05, 0) is 12.1 Å². The Morgan fingerprint density at radius 3 is 2.33 bits per heavy atom. The number of benzene rings is 1. The van der Waals surface area contributed by atoms with Crippen LogP contribution in [0.25, 0.3) is 16.9 Å². The number of piperazine rings is 1. The van der Waals surface area contributed by atoms with Crippen molar-refractivity contribution in [2.45, 2.75) is 6.54 Å². The quantitative estimate of drug-likeness (QED) is 0.498. The summed E-state index contributed by atoms with van der Waals surface area (Å²) in [6, 6.07) is 6.87. The monoisotopic (exact) mass is 533 g/mol. The maximum Gasteiger partial charge on any atom is 0.248 e. The summed E-state index contributed by atoms with van der Waals surface area (Å²) in [5, 5.41) is 0.412. The summed E-state index contributed by atoms with van der Waals surface area (Å²) < 4.78 is 32.5. The van der Waals surface area contributed by atoms with Crippen LogP contribution in [0.2, 0.25) is 5.15 Å². The fourth-order valence-corrected chi connectivity index (χ4v) is 5.65. The molecule has 1 amide bonds. The Labute approximate surface area is 214 Å². The van der Waals surface area contributed by atoms with Gasteiger partial charge in [0.25, 0.3) is 0 Å². The van der Waals surface area contributed by atoms with Crippen molar-refractivity contribution in [2.75, 3.05) is 63.6 Å². The lowest BCUT2D eigenvalue weighted by atomic mass is 10.1. The molecule has 36 heavy (non-hydrogen) atoms. The van der Waals surface area contributed by atoms with Crippen molar-refractivity contribution in [2.24, 2.45) is 5.73 Å². The van der Waals surface area contributed by atoms with Gasteiger partial charge in [-0.25, -0.2) is 18.4 Å². The Bertz CT molecular complexity index is 1380. The highest BCUT2D eigenvalue weighted by molar-refractivity contribution is 7.88. The van der Waals surface area contributed by atoms with Crippen LogP contribution in [-0.4, -0.2) is 96.6 Å². The smallest absolute Gasteiger partial charge is 0.248 e. The number of primary amides is 1. The SMILES string of the molecule is CS(=O)(=O)N1CCN(Cc2cn3c(Cl)c(-c4ccc(C(N)=O)cc4)nc(N4CCOCC4)c3n2)CC1. The summed E-state index contributed by atoms with van der Waals surface area (Å²) in [6.45, 7) is 5.29. The number of morpholine rings is 1. The van der Waals surface area contributed by atoms with E-state index in [1.807, 2.05) is 10.6 Å². The maximum absolute atomic E-state index is 11.8. The van der Waals surface area contributed by atoms with Gasteiger partial charge in [0.1, 0.15) is 10.8 Å². The molecule has 0 atom stereocenters. The molecule has 1 aromatic carbocycles. The number of nitrogens with two attached hydrogens (primary N) is 1. The molecule has 2 N–H and O–H groups in total. The number of aromatic nitrogens is 3. The summed E-state index contributed by atoms with van der Waals surface area (Å²) in [7, 11) is -3.19. The van der Waals surface area contributed by atoms with Crippen LogP contribution in [-0.2, 0) is 21.3 Å². The fourth-order valence-electron chi connectivity index (χ4n) is 4.54. The predicted molar refractivity (Wildman–Crippen MR) is 137 cm³/mol. The molecule has 13 heteroatoms. The van der Waals surface area contributed by atoms with E-state index < -0.39 is 15.9 Å². The first kappa shape index (κ1) is 24.9. The normalized spacial score (nSPS) is 18.1. The van der Waals surface area contributed by atoms with E-state index in [9.17, 15) is 13.2 Å². The summed E-state index contributed by atoms with van der Waals surface area (Å²) in [6.07, 6.45) is 3.15. The number of carbonyl (C=O) groups excluding carboxylic acids is 1. The Morgan fingerprint density at radius 2 is 1.72 bits per heavy atom. The third kappa shape index (κ3) is 5.04. The standard InChI is InChI=1S/C23H28ClN7O4S/c1-36(33,34)30-8-6-28(7-9-30)14-18-15-31-20(24)19(16-2-4-17(5-3-16)21(25)32)27-22(23(31)26-18)29-10-12-35-13-11-29/h2-5,15H,6-14H2,1H3,(H2,25,32). The van der Waals surface area contributed by atoms with Gasteiger partial charge in [-0.15, -0.1) is 0 Å². The molecule has 0 spiro atoms. The molecule has 0 radical (unpaired) electrons. The molecule has 2 aliphatic heterocycles. The van der Waals surface area contributed by atoms with Crippen LogP contribution in [0.1, 0.15) is 16.1 Å². The summed E-state index contributed by atoms with van der Waals surface area (Å²) in [5.74, 6) is 0.214. The first-order chi connectivity index (χ1) is 17.2. The molecule has 2 fully saturated rings. The molecule has 4 heterocycles. The Balaban J connectivity index is 1.50. The molecule has 2 saturated heterocycles. The first-order valence-electron chi connectivity index (χ1n) is 11.7. The topological polar surface area (TPSA) is 126 Å². The first-order valence-corrected chi connectivity index (χ1v) is 13.9. The van der Waals surface area contributed by atoms with Crippen molar-refractivity contribution < 1.29 is 17.9 Å². The molecule has 5 rings (SSSR count). The molecule has 0 saturated carbocycles. The molecular weight excluding hydrogens is 506 g/mol. The number of ether oxygens (including phenoxy) is 1. The highest BCUT2D eigenvalue weighted by Gasteiger charge is 2.26. The van der Waals surface area contributed by atoms with Crippen molar-refractivity contribution in [3.05, 3.63) is 46.9 Å². The average Bonchev–Trinajstić information content (AvgIpc) is 3.29. The number of carbonyl (C=O) groups is 1. The molecule has 2 aliphatic rings. The number of sulfonamides is 1. The number of hydrogen-bond donors (Lipinski definition) is 1. The van der Waals surface area contributed by atoms with E-state index in [2.05, 4.69) is 9.80 Å². The number of nitrogens with zero attached hydrogens (tertiary/aromatic N) is 6. The van der Waals surface area contributed by atoms with Crippen molar-refractivity contribution in [3.8, 4) is 11.3 Å². The highest BCUT2D eigenvalue weighted by Crippen LogP contribution is 2.33. The lowest BCUT2D eigenvalue weighted by molar-refractivity contribution is 0.1000. The summed E-state index contributed by atoms with van der Waals surface area (Å²) >= 11 is 6.85. The zero-order valence-corrected chi connectivity index (χ0v) is 21.5. The number of imidazole rings is 1. The zero-order chi connectivity index (χ0) is 25.4. The van der Waals surface area contributed by atoms with Crippen LogP contribution in [0.4, 0.5) is 5.82 Å². The van der Waals surface area contributed by atoms with Gasteiger partial charge in [-0.1, -0.05) is 23.7 Å². The molecule has 11 nitrogen and oxygen atoms in total. The van der Waals surface area contributed by atoms with Gasteiger partial charge in [0.2, 0.25) is 15.9 Å². The van der Waals surface area contributed by atoms with Gasteiger partial charge < -0.3 is 15.4 Å². The van der Waals surface area contributed by atoms with E-state index in [1.165, 1.54) is 10.6 Å². The second-order valence-corrected chi connectivity index (χ2v) is 11.3. The minimum absolute atomic E-state index is 0.408. The predicted octanol–water partition coefficient (Wildman–Crippen LogP) is 1.06. The summed E-state index contributed by atoms with van der Waals surface area (Å²) in [5.41, 5.74) is 8.61. The Morgan fingerprint density at radius 1 is 1.06 bits per heavy atom. The largest absolute Gasteiger partial charge is 0.378 e. The van der Waals surface area contributed by atoms with Crippen LogP contribution in [0.3, 0.4) is 0 Å². The molecule has 2 aromatic heterocycles. The van der Waals surface area contributed by atoms with E-state index in [1.54, 1.807) is 24.3 Å². The van der Waals surface area contributed by atoms with E-state index in [4.69, 9.17) is 32.0 Å². The van der Waals surface area contributed by atoms with E-state index in [0.717, 1.165) is 11.3 Å². The molecule has 192 valence electrons. The number of anilines is 1. The van der Waals surface area contributed by atoms with Crippen molar-refractivity contribution in [1.29, 1.82) is 0 Å². The molecule has 0 bridgehead atoms. The number of halogens is 1. The molecule has 0 aliphatic carbocycles. The number of fused-ring (bicyclic) bond motifs is 1. The number of hydrogen-bond acceptors (Lipinski definition) is 8. The molecular formula is C23H28ClN7O4S. The third-order valence-corrected chi connectivity index (χ3v) is 8.18. The van der Waals surface area contributed by atoms with Crippen molar-refractivity contribution >= 4 is 39.0 Å². The zero-order valence-electron chi connectivity index (χ0n) is 19.9. The van der Waals surface area contributed by atoms with Crippen LogP contribution in [0.15, 0.2) is 30.5 Å². The second-order valence-electron chi connectivity index (χ2n) is 8.98. The molecule has 3 aromatic rings. The Kier molecular flexibility index (Phi) is 6.88. The van der Waals surface area contributed by atoms with Crippen LogP contribution >= 0.6 is 11.6 Å². The van der Waals surface area contributed by atoms with Gasteiger partial charge >= 0.3 is 0 Å². The van der Waals surface area contributed by atoms with Crippen LogP contribution < -0.4 is 10.6 Å². The van der Waals surface area contributed by atoms with E-state index in [-0.39, 0.29) is 0 Å². The van der Waals surface area contributed by atoms with Gasteiger partial charge in [-0.3, -0.25) is 14.1 Å². The van der Waals surface area contributed by atoms with Crippen molar-refractivity contribution in [3.63, 3.8) is 0 Å². The second kappa shape index (κ2) is 9.94. The van der Waals surface area contributed by atoms with Crippen LogP contribution in [0, 0.1) is 0 Å². The highest BCUT2D eigenvalue weighted by atomic mass is 35.5. The van der Waals surface area contributed by atoms with Gasteiger partial charge in [0, 0.05) is 63.1 Å². The molecule has 0 unspecified atom stereocenters.